The highest BCUT2D eigenvalue weighted by Gasteiger charge is 2.15. The Labute approximate surface area is 114 Å². The first-order chi connectivity index (χ1) is 8.98. The summed E-state index contributed by atoms with van der Waals surface area (Å²) in [5.74, 6) is 0.439. The Morgan fingerprint density at radius 3 is 2.79 bits per heavy atom. The molecular formula is C15H21FN2O. The number of rotatable bonds is 7. The van der Waals surface area contributed by atoms with E-state index in [2.05, 4.69) is 11.4 Å². The average Bonchev–Trinajstić information content (AvgIpc) is 2.37. The molecule has 19 heavy (non-hydrogen) atoms. The van der Waals surface area contributed by atoms with Gasteiger partial charge in [-0.05, 0) is 51.9 Å². The highest BCUT2D eigenvalue weighted by molar-refractivity contribution is 5.33. The molecule has 0 atom stereocenters. The molecule has 1 aromatic rings. The summed E-state index contributed by atoms with van der Waals surface area (Å²) < 4.78 is 18.8. The van der Waals surface area contributed by atoms with Crippen LogP contribution in [0.3, 0.4) is 0 Å². The normalized spacial score (nSPS) is 11.1. The molecule has 0 unspecified atom stereocenters. The predicted molar refractivity (Wildman–Crippen MR) is 73.3 cm³/mol. The van der Waals surface area contributed by atoms with E-state index < -0.39 is 0 Å². The lowest BCUT2D eigenvalue weighted by atomic mass is 9.90. The van der Waals surface area contributed by atoms with Crippen molar-refractivity contribution in [2.24, 2.45) is 5.41 Å². The molecule has 0 fully saturated rings. The summed E-state index contributed by atoms with van der Waals surface area (Å²) in [5, 5.41) is 11.9. The molecule has 104 valence electrons. The van der Waals surface area contributed by atoms with Crippen LogP contribution in [0.2, 0.25) is 0 Å². The van der Waals surface area contributed by atoms with Gasteiger partial charge in [0.1, 0.15) is 11.6 Å². The number of halogens is 1. The van der Waals surface area contributed by atoms with E-state index in [-0.39, 0.29) is 11.2 Å². The molecule has 0 spiro atoms. The zero-order valence-corrected chi connectivity index (χ0v) is 11.8. The van der Waals surface area contributed by atoms with Gasteiger partial charge in [0.2, 0.25) is 0 Å². The van der Waals surface area contributed by atoms with Crippen molar-refractivity contribution in [3.63, 3.8) is 0 Å². The third-order valence-corrected chi connectivity index (χ3v) is 2.90. The van der Waals surface area contributed by atoms with Crippen LogP contribution in [0.25, 0.3) is 0 Å². The highest BCUT2D eigenvalue weighted by atomic mass is 19.1. The maximum atomic E-state index is 13.1. The summed E-state index contributed by atoms with van der Waals surface area (Å²) in [6.07, 6.45) is 1.59. The van der Waals surface area contributed by atoms with Gasteiger partial charge in [0.25, 0.3) is 0 Å². The Hall–Kier alpha value is -1.60. The third kappa shape index (κ3) is 5.27. The first-order valence-electron chi connectivity index (χ1n) is 6.45. The largest absolute Gasteiger partial charge is 0.493 e. The minimum Gasteiger partial charge on any atom is -0.493 e. The van der Waals surface area contributed by atoms with Crippen LogP contribution in [-0.4, -0.2) is 13.7 Å². The molecule has 0 heterocycles. The number of nitriles is 1. The van der Waals surface area contributed by atoms with Crippen molar-refractivity contribution < 1.29 is 9.13 Å². The molecule has 0 aliphatic heterocycles. The number of hydrogen-bond acceptors (Lipinski definition) is 3. The lowest BCUT2D eigenvalue weighted by molar-refractivity contribution is 0.281. The van der Waals surface area contributed by atoms with Gasteiger partial charge in [-0.1, -0.05) is 0 Å². The lowest BCUT2D eigenvalue weighted by Gasteiger charge is -2.16. The summed E-state index contributed by atoms with van der Waals surface area (Å²) in [6.45, 7) is 4.93. The second-order valence-corrected chi connectivity index (χ2v) is 5.23. The molecule has 0 saturated heterocycles. The molecule has 1 rings (SSSR count). The Kier molecular flexibility index (Phi) is 5.78. The second-order valence-electron chi connectivity index (χ2n) is 5.23. The number of nitrogens with zero attached hydrogens (tertiary/aromatic N) is 1. The fraction of sp³-hybridized carbons (Fsp3) is 0.533. The maximum absolute atomic E-state index is 13.1. The Balaban J connectivity index is 2.51. The number of ether oxygens (including phenoxy) is 1. The lowest BCUT2D eigenvalue weighted by Crippen LogP contribution is -2.11. The Bertz CT molecular complexity index is 452. The van der Waals surface area contributed by atoms with E-state index in [0.29, 0.717) is 18.9 Å². The van der Waals surface area contributed by atoms with E-state index in [4.69, 9.17) is 10.00 Å². The fourth-order valence-corrected chi connectivity index (χ4v) is 1.77. The topological polar surface area (TPSA) is 45.0 Å². The van der Waals surface area contributed by atoms with Crippen molar-refractivity contribution in [3.8, 4) is 11.8 Å². The van der Waals surface area contributed by atoms with E-state index in [1.54, 1.807) is 6.07 Å². The van der Waals surface area contributed by atoms with E-state index >= 15 is 0 Å². The molecule has 0 amide bonds. The number of benzene rings is 1. The van der Waals surface area contributed by atoms with Gasteiger partial charge in [-0.15, -0.1) is 0 Å². The molecule has 0 aliphatic carbocycles. The van der Waals surface area contributed by atoms with Gasteiger partial charge in [0.05, 0.1) is 18.1 Å². The van der Waals surface area contributed by atoms with Gasteiger partial charge in [-0.3, -0.25) is 0 Å². The zero-order valence-electron chi connectivity index (χ0n) is 11.8. The number of nitrogens with one attached hydrogen (secondary N) is 1. The predicted octanol–water partition coefficient (Wildman–Crippen LogP) is 3.25. The van der Waals surface area contributed by atoms with Crippen molar-refractivity contribution in [3.05, 3.63) is 29.6 Å². The smallest absolute Gasteiger partial charge is 0.123 e. The van der Waals surface area contributed by atoms with Crippen molar-refractivity contribution in [1.29, 1.82) is 5.26 Å². The quantitative estimate of drug-likeness (QED) is 0.769. The van der Waals surface area contributed by atoms with Crippen LogP contribution < -0.4 is 10.1 Å². The van der Waals surface area contributed by atoms with Gasteiger partial charge < -0.3 is 10.1 Å². The van der Waals surface area contributed by atoms with Crippen LogP contribution in [0.1, 0.15) is 32.3 Å². The van der Waals surface area contributed by atoms with Crippen molar-refractivity contribution in [1.82, 2.24) is 5.32 Å². The van der Waals surface area contributed by atoms with Crippen molar-refractivity contribution in [2.75, 3.05) is 13.7 Å². The van der Waals surface area contributed by atoms with Crippen LogP contribution in [0.4, 0.5) is 4.39 Å². The van der Waals surface area contributed by atoms with E-state index in [1.807, 2.05) is 20.9 Å². The standard InChI is InChI=1S/C15H21FN2O/c1-15(2,11-17)7-4-8-19-14-6-5-13(16)9-12(14)10-18-3/h5-6,9,18H,4,7-8,10H2,1-3H3. The first-order valence-corrected chi connectivity index (χ1v) is 6.45. The van der Waals surface area contributed by atoms with E-state index in [0.717, 1.165) is 18.4 Å². The van der Waals surface area contributed by atoms with Gasteiger partial charge in [0, 0.05) is 12.1 Å². The summed E-state index contributed by atoms with van der Waals surface area (Å²) in [5.41, 5.74) is 0.488. The van der Waals surface area contributed by atoms with Crippen LogP contribution in [0, 0.1) is 22.6 Å². The first kappa shape index (κ1) is 15.5. The van der Waals surface area contributed by atoms with Crippen LogP contribution in [0.15, 0.2) is 18.2 Å². The van der Waals surface area contributed by atoms with Crippen LogP contribution in [-0.2, 0) is 6.54 Å². The minimum absolute atomic E-state index is 0.261. The van der Waals surface area contributed by atoms with E-state index in [9.17, 15) is 4.39 Å². The van der Waals surface area contributed by atoms with Gasteiger partial charge in [-0.25, -0.2) is 4.39 Å². The summed E-state index contributed by atoms with van der Waals surface area (Å²) in [4.78, 5) is 0. The van der Waals surface area contributed by atoms with Gasteiger partial charge in [0.15, 0.2) is 0 Å². The van der Waals surface area contributed by atoms with Gasteiger partial charge in [-0.2, -0.15) is 5.26 Å². The zero-order chi connectivity index (χ0) is 14.3. The van der Waals surface area contributed by atoms with E-state index in [1.165, 1.54) is 12.1 Å². The summed E-state index contributed by atoms with van der Waals surface area (Å²) >= 11 is 0. The molecule has 3 nitrogen and oxygen atoms in total. The third-order valence-electron chi connectivity index (χ3n) is 2.90. The molecule has 0 radical (unpaired) electrons. The molecular weight excluding hydrogens is 243 g/mol. The molecule has 0 aliphatic rings. The Morgan fingerprint density at radius 2 is 2.16 bits per heavy atom. The van der Waals surface area contributed by atoms with Crippen molar-refractivity contribution in [2.45, 2.75) is 33.2 Å². The monoisotopic (exact) mass is 264 g/mol. The van der Waals surface area contributed by atoms with Gasteiger partial charge >= 0.3 is 0 Å². The summed E-state index contributed by atoms with van der Waals surface area (Å²) in [7, 11) is 1.81. The molecule has 0 aromatic heterocycles. The molecule has 1 aromatic carbocycles. The molecule has 0 saturated carbocycles. The number of hydrogen-bond donors (Lipinski definition) is 1. The maximum Gasteiger partial charge on any atom is 0.123 e. The van der Waals surface area contributed by atoms with Crippen molar-refractivity contribution >= 4 is 0 Å². The minimum atomic E-state index is -0.319. The SMILES string of the molecule is CNCc1cc(F)ccc1OCCCC(C)(C)C#N. The van der Waals surface area contributed by atoms with Crippen LogP contribution >= 0.6 is 0 Å². The van der Waals surface area contributed by atoms with Crippen LogP contribution in [0.5, 0.6) is 5.75 Å². The fourth-order valence-electron chi connectivity index (χ4n) is 1.77. The molecule has 4 heteroatoms. The summed E-state index contributed by atoms with van der Waals surface area (Å²) in [6, 6.07) is 6.79. The Morgan fingerprint density at radius 1 is 1.42 bits per heavy atom. The molecule has 1 N–H and O–H groups in total. The highest BCUT2D eigenvalue weighted by Crippen LogP contribution is 2.23. The second kappa shape index (κ2) is 7.10. The molecule has 0 bridgehead atoms. The average molecular weight is 264 g/mol.